The molecule has 0 aromatic heterocycles. The van der Waals surface area contributed by atoms with Gasteiger partial charge in [-0.3, -0.25) is 0 Å². The molecule has 0 aliphatic carbocycles. The molecular formula is C10H26O4Si4. The average Bonchev–Trinajstić information content (AvgIpc) is 2.11. The lowest BCUT2D eigenvalue weighted by molar-refractivity contribution is 0.238. The van der Waals surface area contributed by atoms with Crippen molar-refractivity contribution in [3.8, 4) is 0 Å². The summed E-state index contributed by atoms with van der Waals surface area (Å²) >= 11 is 0. The van der Waals surface area contributed by atoms with Crippen molar-refractivity contribution in [1.82, 2.24) is 0 Å². The van der Waals surface area contributed by atoms with Crippen molar-refractivity contribution in [2.24, 2.45) is 0 Å². The maximum atomic E-state index is 6.32. The second-order valence-corrected chi connectivity index (χ2v) is 20.2. The number of hydrogen-bond acceptors (Lipinski definition) is 4. The Morgan fingerprint density at radius 2 is 1.22 bits per heavy atom. The van der Waals surface area contributed by atoms with Gasteiger partial charge in [-0.25, -0.2) is 0 Å². The van der Waals surface area contributed by atoms with Crippen molar-refractivity contribution < 1.29 is 16.5 Å². The third kappa shape index (κ3) is 4.23. The SMILES string of the molecule is C=C[Si]1(C)O[Si](C)(C)O[Si](C)(CC)O[Si](C)(C)O1. The average molecular weight is 323 g/mol. The molecule has 18 heavy (non-hydrogen) atoms. The Morgan fingerprint density at radius 3 is 1.50 bits per heavy atom. The Balaban J connectivity index is 3.10. The predicted molar refractivity (Wildman–Crippen MR) is 83.2 cm³/mol. The fourth-order valence-electron chi connectivity index (χ4n) is 2.33. The summed E-state index contributed by atoms with van der Waals surface area (Å²) in [5.74, 6) is 0. The van der Waals surface area contributed by atoms with Gasteiger partial charge in [0.2, 0.25) is 0 Å². The summed E-state index contributed by atoms with van der Waals surface area (Å²) in [4.78, 5) is 0. The molecule has 0 amide bonds. The van der Waals surface area contributed by atoms with E-state index in [9.17, 15) is 0 Å². The maximum absolute atomic E-state index is 6.32. The van der Waals surface area contributed by atoms with Crippen LogP contribution < -0.4 is 0 Å². The molecule has 1 saturated heterocycles. The van der Waals surface area contributed by atoms with Crippen LogP contribution >= 0.6 is 0 Å². The molecule has 1 rings (SSSR count). The van der Waals surface area contributed by atoms with Gasteiger partial charge < -0.3 is 16.5 Å². The molecular weight excluding hydrogens is 296 g/mol. The summed E-state index contributed by atoms with van der Waals surface area (Å²) in [5, 5.41) is 0. The first kappa shape index (κ1) is 16.5. The van der Waals surface area contributed by atoms with E-state index in [2.05, 4.69) is 46.2 Å². The molecule has 106 valence electrons. The van der Waals surface area contributed by atoms with E-state index >= 15 is 0 Å². The third-order valence-corrected chi connectivity index (χ3v) is 19.4. The van der Waals surface area contributed by atoms with Gasteiger partial charge in [0.05, 0.1) is 0 Å². The first-order chi connectivity index (χ1) is 7.95. The standard InChI is InChI=1S/C10H26O4Si4/c1-9-17(7)11-15(3,4)13-18(8,10-2)14-16(5,6)12-17/h9H,1,10H2,2-8H3. The summed E-state index contributed by atoms with van der Waals surface area (Å²) in [6.45, 7) is 18.4. The minimum Gasteiger partial charge on any atom is -0.416 e. The summed E-state index contributed by atoms with van der Waals surface area (Å²) in [7, 11) is -9.01. The van der Waals surface area contributed by atoms with Gasteiger partial charge in [0.25, 0.3) is 0 Å². The molecule has 0 saturated carbocycles. The quantitative estimate of drug-likeness (QED) is 0.731. The van der Waals surface area contributed by atoms with Crippen molar-refractivity contribution in [1.29, 1.82) is 0 Å². The minimum atomic E-state index is -2.38. The van der Waals surface area contributed by atoms with Crippen LogP contribution in [-0.4, -0.2) is 34.2 Å². The minimum absolute atomic E-state index is 0.916. The fraction of sp³-hybridized carbons (Fsp3) is 0.800. The van der Waals surface area contributed by atoms with Gasteiger partial charge in [0.1, 0.15) is 0 Å². The first-order valence-corrected chi connectivity index (χ1v) is 16.9. The highest BCUT2D eigenvalue weighted by atomic mass is 28.5. The van der Waals surface area contributed by atoms with Crippen molar-refractivity contribution in [2.45, 2.75) is 52.2 Å². The largest absolute Gasteiger partial charge is 0.416 e. The molecule has 0 aromatic rings. The fourth-order valence-corrected chi connectivity index (χ4v) is 22.4. The van der Waals surface area contributed by atoms with Crippen LogP contribution in [-0.2, 0) is 16.5 Å². The second kappa shape index (κ2) is 5.09. The van der Waals surface area contributed by atoms with Gasteiger partial charge in [0, 0.05) is 0 Å². The molecule has 1 heterocycles. The first-order valence-electron chi connectivity index (χ1n) is 6.39. The van der Waals surface area contributed by atoms with Crippen molar-refractivity contribution >= 4 is 34.2 Å². The Hall–Kier alpha value is 0.448. The van der Waals surface area contributed by atoms with Crippen molar-refractivity contribution in [3.63, 3.8) is 0 Å². The monoisotopic (exact) mass is 322 g/mol. The molecule has 0 unspecified atom stereocenters. The van der Waals surface area contributed by atoms with E-state index in [1.165, 1.54) is 0 Å². The van der Waals surface area contributed by atoms with E-state index in [4.69, 9.17) is 16.5 Å². The van der Waals surface area contributed by atoms with Crippen LogP contribution in [0.5, 0.6) is 0 Å². The molecule has 0 spiro atoms. The molecule has 0 atom stereocenters. The van der Waals surface area contributed by atoms with E-state index in [0.717, 1.165) is 6.04 Å². The highest BCUT2D eigenvalue weighted by Gasteiger charge is 2.52. The molecule has 0 N–H and O–H groups in total. The topological polar surface area (TPSA) is 36.9 Å². The predicted octanol–water partition coefficient (Wildman–Crippen LogP) is 3.36. The van der Waals surface area contributed by atoms with Crippen molar-refractivity contribution in [3.05, 3.63) is 12.3 Å². The number of hydrogen-bond donors (Lipinski definition) is 0. The molecule has 1 fully saturated rings. The number of rotatable bonds is 2. The van der Waals surface area contributed by atoms with E-state index < -0.39 is 34.2 Å². The van der Waals surface area contributed by atoms with Gasteiger partial charge in [0.15, 0.2) is 0 Å². The zero-order chi connectivity index (χ0) is 14.2. The molecule has 0 aromatic carbocycles. The van der Waals surface area contributed by atoms with Gasteiger partial charge in [-0.2, -0.15) is 0 Å². The summed E-state index contributed by atoms with van der Waals surface area (Å²) in [6.07, 6.45) is 0. The van der Waals surface area contributed by atoms with E-state index in [0.29, 0.717) is 0 Å². The molecule has 0 bridgehead atoms. The van der Waals surface area contributed by atoms with E-state index in [-0.39, 0.29) is 0 Å². The highest BCUT2D eigenvalue weighted by Crippen LogP contribution is 2.32. The van der Waals surface area contributed by atoms with Crippen LogP contribution in [0.3, 0.4) is 0 Å². The zero-order valence-corrected chi connectivity index (χ0v) is 16.6. The smallest absolute Gasteiger partial charge is 0.343 e. The van der Waals surface area contributed by atoms with Crippen LogP contribution in [0.25, 0.3) is 0 Å². The molecule has 1 aliphatic heterocycles. The lowest BCUT2D eigenvalue weighted by Gasteiger charge is -2.47. The molecule has 4 nitrogen and oxygen atoms in total. The molecule has 8 heteroatoms. The van der Waals surface area contributed by atoms with Crippen LogP contribution in [0.4, 0.5) is 0 Å². The lowest BCUT2D eigenvalue weighted by Crippen LogP contribution is -2.65. The Labute approximate surface area is 115 Å². The van der Waals surface area contributed by atoms with E-state index in [1.807, 2.05) is 12.2 Å². The van der Waals surface area contributed by atoms with Gasteiger partial charge >= 0.3 is 34.2 Å². The van der Waals surface area contributed by atoms with Crippen LogP contribution in [0.2, 0.25) is 45.3 Å². The highest BCUT2D eigenvalue weighted by molar-refractivity contribution is 6.94. The second-order valence-electron chi connectivity index (χ2n) is 5.92. The van der Waals surface area contributed by atoms with Crippen LogP contribution in [0, 0.1) is 0 Å². The Kier molecular flexibility index (Phi) is 4.67. The molecule has 1 aliphatic rings. The molecule has 0 radical (unpaired) electrons. The van der Waals surface area contributed by atoms with Gasteiger partial charge in [-0.1, -0.05) is 12.6 Å². The summed E-state index contributed by atoms with van der Waals surface area (Å²) in [5.41, 5.74) is 1.83. The van der Waals surface area contributed by atoms with Crippen LogP contribution in [0.1, 0.15) is 6.92 Å². The zero-order valence-electron chi connectivity index (χ0n) is 12.6. The van der Waals surface area contributed by atoms with Gasteiger partial charge in [-0.15, -0.1) is 6.58 Å². The van der Waals surface area contributed by atoms with E-state index in [1.54, 1.807) is 0 Å². The normalized spacial score (nSPS) is 39.7. The Morgan fingerprint density at radius 1 is 0.833 bits per heavy atom. The Bertz CT molecular complexity index is 312. The third-order valence-electron chi connectivity index (χ3n) is 2.83. The maximum Gasteiger partial charge on any atom is 0.343 e. The lowest BCUT2D eigenvalue weighted by atomic mass is 11.0. The van der Waals surface area contributed by atoms with Crippen molar-refractivity contribution in [2.75, 3.05) is 0 Å². The summed E-state index contributed by atoms with van der Waals surface area (Å²) < 4.78 is 25.2. The van der Waals surface area contributed by atoms with Crippen LogP contribution in [0.15, 0.2) is 12.3 Å². The van der Waals surface area contributed by atoms with Gasteiger partial charge in [-0.05, 0) is 45.3 Å². The summed E-state index contributed by atoms with van der Waals surface area (Å²) in [6, 6.07) is 0.916.